The number of nitrogens with zero attached hydrogens (tertiary/aromatic N) is 1. The van der Waals surface area contributed by atoms with E-state index in [9.17, 15) is 9.59 Å². The first-order valence-electron chi connectivity index (χ1n) is 8.60. The van der Waals surface area contributed by atoms with E-state index in [4.69, 9.17) is 0 Å². The maximum Gasteiger partial charge on any atom is 0.271 e. The highest BCUT2D eigenvalue weighted by Gasteiger charge is 2.07. The molecule has 0 fully saturated rings. The van der Waals surface area contributed by atoms with Crippen LogP contribution in [0.15, 0.2) is 88.4 Å². The first-order valence-corrected chi connectivity index (χ1v) is 9.39. The number of amides is 2. The predicted octanol–water partition coefficient (Wildman–Crippen LogP) is 4.86. The lowest BCUT2D eigenvalue weighted by Gasteiger charge is -2.07. The molecule has 2 N–H and O–H groups in total. The van der Waals surface area contributed by atoms with Gasteiger partial charge in [-0.3, -0.25) is 9.59 Å². The Bertz CT molecular complexity index is 998. The van der Waals surface area contributed by atoms with E-state index in [1.165, 1.54) is 0 Å². The molecule has 0 unspecified atom stereocenters. The molecule has 0 bridgehead atoms. The third kappa shape index (κ3) is 5.14. The van der Waals surface area contributed by atoms with Crippen LogP contribution in [0.2, 0.25) is 0 Å². The summed E-state index contributed by atoms with van der Waals surface area (Å²) in [5.41, 5.74) is 5.86. The minimum atomic E-state index is -0.279. The molecule has 28 heavy (non-hydrogen) atoms. The lowest BCUT2D eigenvalue weighted by molar-refractivity contribution is 0.0954. The molecule has 5 nitrogen and oxygen atoms in total. The van der Waals surface area contributed by atoms with Crippen LogP contribution >= 0.6 is 15.9 Å². The zero-order chi connectivity index (χ0) is 19.9. The van der Waals surface area contributed by atoms with Crippen molar-refractivity contribution in [2.75, 3.05) is 5.32 Å². The van der Waals surface area contributed by atoms with Crippen LogP contribution in [0.3, 0.4) is 0 Å². The van der Waals surface area contributed by atoms with E-state index in [0.717, 1.165) is 10.0 Å². The Hall–Kier alpha value is -3.25. The van der Waals surface area contributed by atoms with Crippen LogP contribution in [-0.4, -0.2) is 17.5 Å². The van der Waals surface area contributed by atoms with E-state index in [-0.39, 0.29) is 11.8 Å². The van der Waals surface area contributed by atoms with Crippen molar-refractivity contribution in [3.05, 3.63) is 100 Å². The summed E-state index contributed by atoms with van der Waals surface area (Å²) in [4.78, 5) is 24.3. The Kier molecular flexibility index (Phi) is 6.34. The molecule has 0 heterocycles. The average Bonchev–Trinajstić information content (AvgIpc) is 2.73. The number of carbonyl (C=O) groups excluding carboxylic acids is 2. The fourth-order valence-corrected chi connectivity index (χ4v) is 2.72. The largest absolute Gasteiger partial charge is 0.322 e. The minimum Gasteiger partial charge on any atom is -0.322 e. The van der Waals surface area contributed by atoms with Crippen molar-refractivity contribution in [2.24, 2.45) is 5.10 Å². The monoisotopic (exact) mass is 435 g/mol. The molecule has 2 amide bonds. The van der Waals surface area contributed by atoms with E-state index in [1.54, 1.807) is 55.5 Å². The van der Waals surface area contributed by atoms with Crippen molar-refractivity contribution in [1.29, 1.82) is 0 Å². The summed E-state index contributed by atoms with van der Waals surface area (Å²) >= 11 is 3.34. The van der Waals surface area contributed by atoms with Crippen LogP contribution in [-0.2, 0) is 0 Å². The van der Waals surface area contributed by atoms with E-state index < -0.39 is 0 Å². The second kappa shape index (κ2) is 9.10. The fourth-order valence-electron chi connectivity index (χ4n) is 2.45. The highest BCUT2D eigenvalue weighted by Crippen LogP contribution is 2.13. The van der Waals surface area contributed by atoms with Gasteiger partial charge in [-0.2, -0.15) is 5.10 Å². The maximum atomic E-state index is 12.2. The molecule has 0 radical (unpaired) electrons. The van der Waals surface area contributed by atoms with Gasteiger partial charge >= 0.3 is 0 Å². The molecular weight excluding hydrogens is 418 g/mol. The van der Waals surface area contributed by atoms with E-state index >= 15 is 0 Å². The van der Waals surface area contributed by atoms with Crippen LogP contribution in [0.1, 0.15) is 33.2 Å². The number of anilines is 1. The molecule has 0 aliphatic carbocycles. The molecule has 6 heteroatoms. The van der Waals surface area contributed by atoms with Gasteiger partial charge in [0, 0.05) is 21.3 Å². The van der Waals surface area contributed by atoms with Crippen LogP contribution < -0.4 is 10.7 Å². The molecule has 3 aromatic carbocycles. The van der Waals surface area contributed by atoms with Gasteiger partial charge in [0.2, 0.25) is 0 Å². The number of halogens is 1. The molecular formula is C22H18BrN3O2. The summed E-state index contributed by atoms with van der Waals surface area (Å²) in [6, 6.07) is 23.3. The summed E-state index contributed by atoms with van der Waals surface area (Å²) < 4.78 is 0.906. The molecule has 0 aliphatic heterocycles. The van der Waals surface area contributed by atoms with Crippen molar-refractivity contribution in [3.63, 3.8) is 0 Å². The lowest BCUT2D eigenvalue weighted by atomic mass is 10.1. The number of hydrogen-bond acceptors (Lipinski definition) is 3. The van der Waals surface area contributed by atoms with Gasteiger partial charge in [-0.25, -0.2) is 5.43 Å². The quantitative estimate of drug-likeness (QED) is 0.443. The average molecular weight is 436 g/mol. The molecule has 3 aromatic rings. The van der Waals surface area contributed by atoms with Crippen molar-refractivity contribution in [3.8, 4) is 0 Å². The van der Waals surface area contributed by atoms with Gasteiger partial charge in [0.15, 0.2) is 0 Å². The molecule has 0 aromatic heterocycles. The molecule has 0 saturated carbocycles. The predicted molar refractivity (Wildman–Crippen MR) is 115 cm³/mol. The van der Waals surface area contributed by atoms with Crippen molar-refractivity contribution in [2.45, 2.75) is 6.92 Å². The fraction of sp³-hybridized carbons (Fsp3) is 0.0455. The Morgan fingerprint density at radius 2 is 1.32 bits per heavy atom. The third-order valence-electron chi connectivity index (χ3n) is 4.03. The topological polar surface area (TPSA) is 70.6 Å². The summed E-state index contributed by atoms with van der Waals surface area (Å²) in [5, 5.41) is 7.00. The molecule has 140 valence electrons. The molecule has 0 aliphatic rings. The standard InChI is InChI=1S/C22H18BrN3O2/c1-15(25-26-22(28)18-7-11-19(23)12-8-18)16-9-13-20(14-10-16)24-21(27)17-5-3-2-4-6-17/h2-14H,1H3,(H,24,27)(H,26,28)/b25-15-. The number of nitrogens with one attached hydrogen (secondary N) is 2. The van der Waals surface area contributed by atoms with E-state index in [1.807, 2.05) is 30.3 Å². The van der Waals surface area contributed by atoms with Crippen LogP contribution in [0.25, 0.3) is 0 Å². The highest BCUT2D eigenvalue weighted by atomic mass is 79.9. The SMILES string of the molecule is C/C(=N/NC(=O)c1ccc(Br)cc1)c1ccc(NC(=O)c2ccccc2)cc1. The Morgan fingerprint density at radius 1 is 0.750 bits per heavy atom. The summed E-state index contributed by atoms with van der Waals surface area (Å²) in [5.74, 6) is -0.445. The normalized spacial score (nSPS) is 11.0. The first kappa shape index (κ1) is 19.5. The Labute approximate surface area is 171 Å². The lowest BCUT2D eigenvalue weighted by Crippen LogP contribution is -2.19. The van der Waals surface area contributed by atoms with Crippen molar-refractivity contribution >= 4 is 39.1 Å². The highest BCUT2D eigenvalue weighted by molar-refractivity contribution is 9.10. The van der Waals surface area contributed by atoms with Crippen molar-refractivity contribution in [1.82, 2.24) is 5.43 Å². The van der Waals surface area contributed by atoms with Gasteiger partial charge in [-0.05, 0) is 61.0 Å². The van der Waals surface area contributed by atoms with E-state index in [2.05, 4.69) is 31.8 Å². The third-order valence-corrected chi connectivity index (χ3v) is 4.56. The second-order valence-electron chi connectivity index (χ2n) is 6.04. The molecule has 0 saturated heterocycles. The van der Waals surface area contributed by atoms with Gasteiger partial charge < -0.3 is 5.32 Å². The number of rotatable bonds is 5. The zero-order valence-corrected chi connectivity index (χ0v) is 16.7. The number of hydrogen-bond donors (Lipinski definition) is 2. The molecule has 0 spiro atoms. The summed E-state index contributed by atoms with van der Waals surface area (Å²) in [6.07, 6.45) is 0. The minimum absolute atomic E-state index is 0.166. The van der Waals surface area contributed by atoms with Gasteiger partial charge in [0.25, 0.3) is 11.8 Å². The molecule has 0 atom stereocenters. The van der Waals surface area contributed by atoms with Crippen LogP contribution in [0.5, 0.6) is 0 Å². The maximum absolute atomic E-state index is 12.2. The second-order valence-corrected chi connectivity index (χ2v) is 6.96. The first-order chi connectivity index (χ1) is 13.5. The number of hydrazone groups is 1. The summed E-state index contributed by atoms with van der Waals surface area (Å²) in [7, 11) is 0. The zero-order valence-electron chi connectivity index (χ0n) is 15.1. The Morgan fingerprint density at radius 3 is 1.96 bits per heavy atom. The summed E-state index contributed by atoms with van der Waals surface area (Å²) in [6.45, 7) is 1.80. The van der Waals surface area contributed by atoms with Gasteiger partial charge in [0.1, 0.15) is 0 Å². The smallest absolute Gasteiger partial charge is 0.271 e. The number of benzene rings is 3. The van der Waals surface area contributed by atoms with Gasteiger partial charge in [-0.15, -0.1) is 0 Å². The van der Waals surface area contributed by atoms with Crippen LogP contribution in [0, 0.1) is 0 Å². The molecule has 3 rings (SSSR count). The van der Waals surface area contributed by atoms with Gasteiger partial charge in [0.05, 0.1) is 5.71 Å². The Balaban J connectivity index is 1.62. The van der Waals surface area contributed by atoms with Crippen LogP contribution in [0.4, 0.5) is 5.69 Å². The number of carbonyl (C=O) groups is 2. The van der Waals surface area contributed by atoms with Gasteiger partial charge in [-0.1, -0.05) is 46.3 Å². The van der Waals surface area contributed by atoms with Crippen molar-refractivity contribution < 1.29 is 9.59 Å². The van der Waals surface area contributed by atoms with E-state index in [0.29, 0.717) is 22.5 Å².